The third-order valence-corrected chi connectivity index (χ3v) is 3.54. The molecular weight excluding hydrogens is 303 g/mol. The first-order valence-electron chi connectivity index (χ1n) is 5.04. The van der Waals surface area contributed by atoms with Crippen LogP contribution in [-0.2, 0) is 0 Å². The van der Waals surface area contributed by atoms with Gasteiger partial charge < -0.3 is 5.73 Å². The fourth-order valence-corrected chi connectivity index (χ4v) is 2.52. The van der Waals surface area contributed by atoms with E-state index in [2.05, 4.69) is 37.0 Å². The smallest absolute Gasteiger partial charge is 0.150 e. The second kappa shape index (κ2) is 3.33. The zero-order valence-corrected chi connectivity index (χ0v) is 10.3. The summed E-state index contributed by atoms with van der Waals surface area (Å²) in [7, 11) is 0. The highest BCUT2D eigenvalue weighted by Crippen LogP contribution is 2.36. The summed E-state index contributed by atoms with van der Waals surface area (Å²) in [6, 6.07) is 0. The lowest BCUT2D eigenvalue weighted by Crippen LogP contribution is -2.13. The number of hydrogen-bond acceptors (Lipinski definition) is 3. The molecule has 0 unspecified atom stereocenters. The number of rotatable bonds is 1. The third kappa shape index (κ3) is 1.40. The van der Waals surface area contributed by atoms with Crippen molar-refractivity contribution in [2.75, 3.05) is 5.73 Å². The average Bonchev–Trinajstić information content (AvgIpc) is 2.46. The van der Waals surface area contributed by atoms with Crippen LogP contribution in [0.25, 0.3) is 5.52 Å². The number of aromatic nitrogens is 3. The first-order chi connectivity index (χ1) is 7.25. The van der Waals surface area contributed by atoms with E-state index in [0.717, 1.165) is 15.0 Å². The number of nitrogen functional groups attached to an aromatic ring is 1. The van der Waals surface area contributed by atoms with Gasteiger partial charge in [-0.1, -0.05) is 6.42 Å². The van der Waals surface area contributed by atoms with E-state index in [4.69, 9.17) is 5.73 Å². The standard InChI is InChI=1S/C10H11IN4/c11-8-5-15-7(9(12)14-8)4-13-10(15)6-2-1-3-6/h4-6H,1-3H2,(H2,12,14). The van der Waals surface area contributed by atoms with Crippen LogP contribution in [0.4, 0.5) is 5.82 Å². The van der Waals surface area contributed by atoms with Crippen LogP contribution in [0.1, 0.15) is 31.0 Å². The highest BCUT2D eigenvalue weighted by atomic mass is 127. The molecule has 15 heavy (non-hydrogen) atoms. The molecule has 0 bridgehead atoms. The molecule has 78 valence electrons. The van der Waals surface area contributed by atoms with E-state index in [1.807, 2.05) is 12.4 Å². The summed E-state index contributed by atoms with van der Waals surface area (Å²) >= 11 is 2.18. The van der Waals surface area contributed by atoms with Crippen molar-refractivity contribution in [1.82, 2.24) is 14.4 Å². The molecule has 0 spiro atoms. The highest BCUT2D eigenvalue weighted by molar-refractivity contribution is 14.1. The zero-order valence-electron chi connectivity index (χ0n) is 8.15. The Bertz CT molecular complexity index is 515. The van der Waals surface area contributed by atoms with E-state index in [9.17, 15) is 0 Å². The predicted molar refractivity (Wildman–Crippen MR) is 66.7 cm³/mol. The van der Waals surface area contributed by atoms with Crippen molar-refractivity contribution in [3.63, 3.8) is 0 Å². The normalized spacial score (nSPS) is 16.9. The Kier molecular flexibility index (Phi) is 2.08. The van der Waals surface area contributed by atoms with Crippen LogP contribution < -0.4 is 5.73 Å². The predicted octanol–water partition coefficient (Wildman–Crippen LogP) is 2.18. The first kappa shape index (κ1) is 9.38. The molecule has 0 radical (unpaired) electrons. The van der Waals surface area contributed by atoms with Crippen LogP contribution in [0.15, 0.2) is 12.4 Å². The van der Waals surface area contributed by atoms with Gasteiger partial charge in [0.2, 0.25) is 0 Å². The van der Waals surface area contributed by atoms with Crippen LogP contribution in [0.5, 0.6) is 0 Å². The van der Waals surface area contributed by atoms with Gasteiger partial charge in [-0.05, 0) is 35.4 Å². The maximum atomic E-state index is 5.85. The van der Waals surface area contributed by atoms with Gasteiger partial charge in [0, 0.05) is 12.1 Å². The Morgan fingerprint density at radius 1 is 1.47 bits per heavy atom. The molecule has 1 saturated carbocycles. The van der Waals surface area contributed by atoms with E-state index in [0.29, 0.717) is 11.7 Å². The number of hydrogen-bond donors (Lipinski definition) is 1. The van der Waals surface area contributed by atoms with Gasteiger partial charge in [-0.25, -0.2) is 9.97 Å². The summed E-state index contributed by atoms with van der Waals surface area (Å²) in [6.07, 6.45) is 7.64. The van der Waals surface area contributed by atoms with Crippen LogP contribution in [0.2, 0.25) is 0 Å². The topological polar surface area (TPSA) is 56.2 Å². The van der Waals surface area contributed by atoms with E-state index in [1.54, 1.807) is 0 Å². The van der Waals surface area contributed by atoms with E-state index in [-0.39, 0.29) is 0 Å². The monoisotopic (exact) mass is 314 g/mol. The van der Waals surface area contributed by atoms with Crippen LogP contribution in [0, 0.1) is 3.70 Å². The molecule has 0 amide bonds. The minimum Gasteiger partial charge on any atom is -0.382 e. The number of imidazole rings is 1. The van der Waals surface area contributed by atoms with E-state index < -0.39 is 0 Å². The molecule has 2 aromatic rings. The van der Waals surface area contributed by atoms with Gasteiger partial charge in [-0.15, -0.1) is 0 Å². The summed E-state index contributed by atoms with van der Waals surface area (Å²) in [5, 5.41) is 0. The Morgan fingerprint density at radius 3 is 2.93 bits per heavy atom. The minimum atomic E-state index is 0.569. The van der Waals surface area contributed by atoms with Gasteiger partial charge in [0.1, 0.15) is 15.0 Å². The van der Waals surface area contributed by atoms with Gasteiger partial charge in [0.15, 0.2) is 5.82 Å². The number of fused-ring (bicyclic) bond motifs is 1. The van der Waals surface area contributed by atoms with E-state index >= 15 is 0 Å². The number of anilines is 1. The average molecular weight is 314 g/mol. The van der Waals surface area contributed by atoms with E-state index in [1.165, 1.54) is 19.3 Å². The molecule has 0 atom stereocenters. The molecule has 2 N–H and O–H groups in total. The quantitative estimate of drug-likeness (QED) is 0.821. The molecule has 4 nitrogen and oxygen atoms in total. The first-order valence-corrected chi connectivity index (χ1v) is 6.12. The fourth-order valence-electron chi connectivity index (χ4n) is 1.98. The van der Waals surface area contributed by atoms with Crippen molar-refractivity contribution < 1.29 is 0 Å². The van der Waals surface area contributed by atoms with Crippen molar-refractivity contribution in [3.8, 4) is 0 Å². The second-order valence-corrected chi connectivity index (χ2v) is 5.05. The number of nitrogens with zero attached hydrogens (tertiary/aromatic N) is 3. The third-order valence-electron chi connectivity index (χ3n) is 3.02. The Hall–Kier alpha value is -0.850. The van der Waals surface area contributed by atoms with Crippen molar-refractivity contribution in [3.05, 3.63) is 21.9 Å². The van der Waals surface area contributed by atoms with Gasteiger partial charge in [-0.2, -0.15) is 0 Å². The molecule has 0 saturated heterocycles. The summed E-state index contributed by atoms with van der Waals surface area (Å²) in [5.74, 6) is 2.33. The molecule has 0 aliphatic heterocycles. The van der Waals surface area contributed by atoms with Crippen molar-refractivity contribution >= 4 is 33.9 Å². The van der Waals surface area contributed by atoms with Crippen LogP contribution in [0.3, 0.4) is 0 Å². The van der Waals surface area contributed by atoms with Crippen molar-refractivity contribution in [2.45, 2.75) is 25.2 Å². The maximum Gasteiger partial charge on any atom is 0.150 e. The van der Waals surface area contributed by atoms with Gasteiger partial charge in [0.05, 0.1) is 6.20 Å². The van der Waals surface area contributed by atoms with Crippen molar-refractivity contribution in [1.29, 1.82) is 0 Å². The van der Waals surface area contributed by atoms with Crippen LogP contribution >= 0.6 is 22.6 Å². The maximum absolute atomic E-state index is 5.85. The molecule has 3 rings (SSSR count). The largest absolute Gasteiger partial charge is 0.382 e. The highest BCUT2D eigenvalue weighted by Gasteiger charge is 2.24. The Balaban J connectivity index is 2.23. The van der Waals surface area contributed by atoms with Gasteiger partial charge in [0.25, 0.3) is 0 Å². The van der Waals surface area contributed by atoms with Gasteiger partial charge in [-0.3, -0.25) is 4.40 Å². The summed E-state index contributed by atoms with van der Waals surface area (Å²) < 4.78 is 3.00. The zero-order chi connectivity index (χ0) is 10.4. The number of nitrogens with two attached hydrogens (primary N) is 1. The fraction of sp³-hybridized carbons (Fsp3) is 0.400. The lowest BCUT2D eigenvalue weighted by Gasteiger charge is -2.24. The molecule has 2 heterocycles. The molecule has 0 aromatic carbocycles. The Labute approximate surface area is 101 Å². The summed E-state index contributed by atoms with van der Waals surface area (Å²) in [4.78, 5) is 8.68. The second-order valence-electron chi connectivity index (χ2n) is 3.95. The Morgan fingerprint density at radius 2 is 2.27 bits per heavy atom. The summed E-state index contributed by atoms with van der Waals surface area (Å²) in [5.41, 5.74) is 6.78. The molecule has 1 aliphatic rings. The molecule has 1 aliphatic carbocycles. The van der Waals surface area contributed by atoms with Crippen LogP contribution in [-0.4, -0.2) is 14.4 Å². The molecule has 5 heteroatoms. The minimum absolute atomic E-state index is 0.569. The molecule has 1 fully saturated rings. The number of halogens is 1. The lowest BCUT2D eigenvalue weighted by molar-refractivity contribution is 0.400. The van der Waals surface area contributed by atoms with Crippen molar-refractivity contribution in [2.24, 2.45) is 0 Å². The lowest BCUT2D eigenvalue weighted by atomic mass is 9.85. The molecule has 2 aromatic heterocycles. The van der Waals surface area contributed by atoms with Gasteiger partial charge >= 0.3 is 0 Å². The molecular formula is C10H11IN4. The summed E-state index contributed by atoms with van der Waals surface area (Å²) in [6.45, 7) is 0. The SMILES string of the molecule is Nc1nc(I)cn2c(C3CCC3)ncc12.